The minimum atomic E-state index is -3.93. The normalized spacial score (nSPS) is 11.8. The molecule has 0 unspecified atom stereocenters. The van der Waals surface area contributed by atoms with Crippen molar-refractivity contribution in [2.75, 3.05) is 0 Å². The van der Waals surface area contributed by atoms with Gasteiger partial charge in [-0.05, 0) is 34.5 Å². The van der Waals surface area contributed by atoms with Crippen molar-refractivity contribution in [3.05, 3.63) is 27.7 Å². The van der Waals surface area contributed by atoms with E-state index in [-0.39, 0.29) is 5.16 Å². The van der Waals surface area contributed by atoms with E-state index in [2.05, 4.69) is 26.1 Å². The van der Waals surface area contributed by atoms with Crippen molar-refractivity contribution >= 4 is 37.6 Å². The molecule has 108 valence electrons. The molecular formula is C11H12BrClN4O2S. The van der Waals surface area contributed by atoms with Crippen LogP contribution in [0.25, 0.3) is 11.4 Å². The van der Waals surface area contributed by atoms with Gasteiger partial charge in [-0.15, -0.1) is 10.2 Å². The fourth-order valence-corrected chi connectivity index (χ4v) is 3.02. The van der Waals surface area contributed by atoms with Gasteiger partial charge in [0.15, 0.2) is 5.82 Å². The Bertz CT molecular complexity index is 745. The summed E-state index contributed by atoms with van der Waals surface area (Å²) >= 11 is 9.54. The summed E-state index contributed by atoms with van der Waals surface area (Å²) in [7, 11) is -3.93. The number of halogens is 2. The van der Waals surface area contributed by atoms with Crippen molar-refractivity contribution in [3.8, 4) is 11.4 Å². The highest BCUT2D eigenvalue weighted by atomic mass is 79.9. The molecule has 2 rings (SSSR count). The number of hydrogen-bond acceptors (Lipinski definition) is 4. The van der Waals surface area contributed by atoms with Crippen molar-refractivity contribution in [1.82, 2.24) is 14.8 Å². The number of primary sulfonamides is 1. The van der Waals surface area contributed by atoms with Gasteiger partial charge >= 0.3 is 0 Å². The second-order valence-corrected chi connectivity index (χ2v) is 6.79. The molecule has 0 aliphatic carbocycles. The first-order chi connectivity index (χ1) is 9.36. The molecule has 9 heteroatoms. The Morgan fingerprint density at radius 3 is 2.70 bits per heavy atom. The third-order valence-corrected chi connectivity index (χ3v) is 4.72. The van der Waals surface area contributed by atoms with E-state index in [1.165, 1.54) is 4.57 Å². The highest BCUT2D eigenvalue weighted by Gasteiger charge is 2.23. The number of sulfonamides is 1. The van der Waals surface area contributed by atoms with Crippen LogP contribution in [0.1, 0.15) is 13.3 Å². The molecule has 2 aromatic rings. The first-order valence-electron chi connectivity index (χ1n) is 5.76. The Morgan fingerprint density at radius 2 is 2.10 bits per heavy atom. The molecule has 1 aromatic carbocycles. The van der Waals surface area contributed by atoms with E-state index in [1.807, 2.05) is 6.92 Å². The smallest absolute Gasteiger partial charge is 0.273 e. The van der Waals surface area contributed by atoms with Crippen molar-refractivity contribution in [2.24, 2.45) is 5.14 Å². The maximum absolute atomic E-state index is 11.5. The Morgan fingerprint density at radius 1 is 1.40 bits per heavy atom. The molecule has 6 nitrogen and oxygen atoms in total. The maximum atomic E-state index is 11.5. The number of nitrogens with zero attached hydrogens (tertiary/aromatic N) is 3. The molecule has 0 radical (unpaired) electrons. The first-order valence-corrected chi connectivity index (χ1v) is 8.48. The first kappa shape index (κ1) is 15.4. The lowest BCUT2D eigenvalue weighted by atomic mass is 10.2. The molecule has 1 heterocycles. The van der Waals surface area contributed by atoms with Gasteiger partial charge in [-0.1, -0.05) is 24.6 Å². The predicted molar refractivity (Wildman–Crippen MR) is 79.8 cm³/mol. The number of hydrogen-bond donors (Lipinski definition) is 1. The minimum absolute atomic E-state index is 0.259. The standard InChI is InChI=1S/C11H12BrClN4O2S/c1-2-6-17-10(15-16-11(17)20(14,18)19)7-4-3-5-8(12)9(7)13/h3-5H,2,6H2,1H3,(H2,14,18,19). The summed E-state index contributed by atoms with van der Waals surface area (Å²) in [6, 6.07) is 5.32. The monoisotopic (exact) mass is 378 g/mol. The lowest BCUT2D eigenvalue weighted by Crippen LogP contribution is -2.19. The summed E-state index contributed by atoms with van der Waals surface area (Å²) in [5.41, 5.74) is 0.594. The fraction of sp³-hybridized carbons (Fsp3) is 0.273. The molecule has 0 fully saturated rings. The zero-order valence-corrected chi connectivity index (χ0v) is 13.7. The largest absolute Gasteiger partial charge is 0.297 e. The van der Waals surface area contributed by atoms with Gasteiger partial charge < -0.3 is 0 Å². The SMILES string of the molecule is CCCn1c(-c2cccc(Br)c2Cl)nnc1S(N)(=O)=O. The predicted octanol–water partition coefficient (Wildman–Crippen LogP) is 2.42. The van der Waals surface area contributed by atoms with Gasteiger partial charge in [-0.2, -0.15) is 0 Å². The highest BCUT2D eigenvalue weighted by Crippen LogP contribution is 2.33. The van der Waals surface area contributed by atoms with E-state index in [4.69, 9.17) is 16.7 Å². The van der Waals surface area contributed by atoms with Crippen molar-refractivity contribution in [2.45, 2.75) is 25.0 Å². The summed E-state index contributed by atoms with van der Waals surface area (Å²) in [6.45, 7) is 2.34. The van der Waals surface area contributed by atoms with Crippen LogP contribution in [0.5, 0.6) is 0 Å². The average Bonchev–Trinajstić information content (AvgIpc) is 2.77. The van der Waals surface area contributed by atoms with E-state index in [0.717, 1.165) is 0 Å². The van der Waals surface area contributed by atoms with Crippen molar-refractivity contribution in [3.63, 3.8) is 0 Å². The maximum Gasteiger partial charge on any atom is 0.273 e. The van der Waals surface area contributed by atoms with Crippen molar-refractivity contribution in [1.29, 1.82) is 0 Å². The highest BCUT2D eigenvalue weighted by molar-refractivity contribution is 9.10. The second kappa shape index (κ2) is 5.80. The van der Waals surface area contributed by atoms with Gasteiger partial charge in [0.05, 0.1) is 5.02 Å². The Kier molecular flexibility index (Phi) is 4.48. The van der Waals surface area contributed by atoms with Crippen LogP contribution in [0.4, 0.5) is 0 Å². The molecule has 0 spiro atoms. The molecule has 0 aliphatic heterocycles. The van der Waals surface area contributed by atoms with Gasteiger partial charge in [0, 0.05) is 16.6 Å². The zero-order chi connectivity index (χ0) is 14.9. The molecule has 0 aliphatic rings. The van der Waals surface area contributed by atoms with E-state index >= 15 is 0 Å². The summed E-state index contributed by atoms with van der Waals surface area (Å²) in [5.74, 6) is 0.377. The number of rotatable bonds is 4. The van der Waals surface area contributed by atoms with Crippen LogP contribution in [0.3, 0.4) is 0 Å². The van der Waals surface area contributed by atoms with E-state index in [9.17, 15) is 8.42 Å². The van der Waals surface area contributed by atoms with Gasteiger partial charge in [0.2, 0.25) is 0 Å². The molecule has 2 N–H and O–H groups in total. The average molecular weight is 380 g/mol. The summed E-state index contributed by atoms with van der Waals surface area (Å²) in [4.78, 5) is 0. The minimum Gasteiger partial charge on any atom is -0.297 e. The lowest BCUT2D eigenvalue weighted by molar-refractivity contribution is 0.559. The van der Waals surface area contributed by atoms with Gasteiger partial charge in [-0.3, -0.25) is 4.57 Å². The Hall–Kier alpha value is -0.960. The second-order valence-electron chi connectivity index (χ2n) is 4.10. The third kappa shape index (κ3) is 2.88. The van der Waals surface area contributed by atoms with E-state index in [0.29, 0.717) is 33.8 Å². The number of nitrogens with two attached hydrogens (primary N) is 1. The van der Waals surface area contributed by atoms with Gasteiger partial charge in [0.1, 0.15) is 0 Å². The lowest BCUT2D eigenvalue weighted by Gasteiger charge is -2.09. The van der Waals surface area contributed by atoms with E-state index < -0.39 is 10.0 Å². The Labute approximate surface area is 130 Å². The van der Waals surface area contributed by atoms with Crippen LogP contribution in [-0.4, -0.2) is 23.2 Å². The summed E-state index contributed by atoms with van der Waals surface area (Å²) in [6.07, 6.45) is 0.708. The molecular weight excluding hydrogens is 368 g/mol. The molecule has 0 saturated carbocycles. The van der Waals surface area contributed by atoms with Crippen LogP contribution in [0, 0.1) is 0 Å². The van der Waals surface area contributed by atoms with Crippen LogP contribution < -0.4 is 5.14 Å². The molecule has 0 saturated heterocycles. The number of aromatic nitrogens is 3. The third-order valence-electron chi connectivity index (χ3n) is 2.61. The van der Waals surface area contributed by atoms with Crippen molar-refractivity contribution < 1.29 is 8.42 Å². The Balaban J connectivity index is 2.69. The summed E-state index contributed by atoms with van der Waals surface area (Å²) < 4.78 is 25.2. The van der Waals surface area contributed by atoms with Gasteiger partial charge in [0.25, 0.3) is 15.2 Å². The number of benzene rings is 1. The molecule has 0 bridgehead atoms. The van der Waals surface area contributed by atoms with Gasteiger partial charge in [-0.25, -0.2) is 13.6 Å². The van der Waals surface area contributed by atoms with Crippen LogP contribution in [-0.2, 0) is 16.6 Å². The molecule has 20 heavy (non-hydrogen) atoms. The van der Waals surface area contributed by atoms with E-state index in [1.54, 1.807) is 18.2 Å². The quantitative estimate of drug-likeness (QED) is 0.883. The zero-order valence-electron chi connectivity index (χ0n) is 10.5. The summed E-state index contributed by atoms with van der Waals surface area (Å²) in [5, 5.41) is 12.9. The molecule has 0 atom stereocenters. The topological polar surface area (TPSA) is 90.9 Å². The molecule has 0 amide bonds. The van der Waals surface area contributed by atoms with Crippen LogP contribution >= 0.6 is 27.5 Å². The fourth-order valence-electron chi connectivity index (χ4n) is 1.80. The molecule has 1 aromatic heterocycles. The van der Waals surface area contributed by atoms with Crippen LogP contribution in [0.2, 0.25) is 5.02 Å². The van der Waals surface area contributed by atoms with Crippen LogP contribution in [0.15, 0.2) is 27.8 Å².